The zero-order valence-electron chi connectivity index (χ0n) is 5.97. The minimum absolute atomic E-state index is 0.708. The molecule has 3 nitrogen and oxygen atoms in total. The van der Waals surface area contributed by atoms with Gasteiger partial charge in [0.2, 0.25) is 5.89 Å². The summed E-state index contributed by atoms with van der Waals surface area (Å²) in [5.41, 5.74) is 0. The lowest BCUT2D eigenvalue weighted by atomic mass is 10.6. The summed E-state index contributed by atoms with van der Waals surface area (Å²) in [4.78, 5) is 4.00. The van der Waals surface area contributed by atoms with Gasteiger partial charge < -0.3 is 8.98 Å². The molecule has 0 aliphatic heterocycles. The van der Waals surface area contributed by atoms with Gasteiger partial charge in [-0.15, -0.1) is 0 Å². The Morgan fingerprint density at radius 1 is 1.36 bits per heavy atom. The van der Waals surface area contributed by atoms with Crippen LogP contribution in [0.4, 0.5) is 0 Å². The van der Waals surface area contributed by atoms with Crippen molar-refractivity contribution in [3.8, 4) is 0 Å². The third kappa shape index (κ3) is 1.32. The van der Waals surface area contributed by atoms with Crippen LogP contribution in [0.2, 0.25) is 0 Å². The third-order valence-electron chi connectivity index (χ3n) is 1.47. The number of oxazole rings is 1. The van der Waals surface area contributed by atoms with Crippen LogP contribution in [0.3, 0.4) is 0 Å². The summed E-state index contributed by atoms with van der Waals surface area (Å²) < 4.78 is 7.08. The molecule has 0 fully saturated rings. The monoisotopic (exact) mass is 148 g/mol. The molecule has 56 valence electrons. The Morgan fingerprint density at radius 2 is 2.18 bits per heavy atom. The highest BCUT2D eigenvalue weighted by molar-refractivity contribution is 4.93. The molecule has 11 heavy (non-hydrogen) atoms. The molecule has 0 bridgehead atoms. The van der Waals surface area contributed by atoms with E-state index in [1.54, 1.807) is 12.5 Å². The summed E-state index contributed by atoms with van der Waals surface area (Å²) in [5, 5.41) is 0. The topological polar surface area (TPSA) is 31.0 Å². The summed E-state index contributed by atoms with van der Waals surface area (Å²) >= 11 is 0. The van der Waals surface area contributed by atoms with E-state index in [9.17, 15) is 0 Å². The van der Waals surface area contributed by atoms with Gasteiger partial charge in [0.15, 0.2) is 0 Å². The Bertz CT molecular complexity index is 264. The molecular formula is C8H8N2O. The zero-order chi connectivity index (χ0) is 7.52. The summed E-state index contributed by atoms with van der Waals surface area (Å²) in [6, 6.07) is 3.95. The maximum atomic E-state index is 5.07. The van der Waals surface area contributed by atoms with Crippen molar-refractivity contribution in [3.05, 3.63) is 42.9 Å². The number of hydrogen-bond donors (Lipinski definition) is 0. The molecule has 2 aromatic rings. The second kappa shape index (κ2) is 2.62. The van der Waals surface area contributed by atoms with Crippen LogP contribution in [0.25, 0.3) is 0 Å². The highest BCUT2D eigenvalue weighted by atomic mass is 16.3. The zero-order valence-corrected chi connectivity index (χ0v) is 5.97. The maximum Gasteiger partial charge on any atom is 0.213 e. The minimum Gasteiger partial charge on any atom is -0.447 e. The largest absolute Gasteiger partial charge is 0.447 e. The van der Waals surface area contributed by atoms with E-state index >= 15 is 0 Å². The Morgan fingerprint density at radius 3 is 2.82 bits per heavy atom. The van der Waals surface area contributed by atoms with E-state index < -0.39 is 0 Å². The molecule has 0 saturated carbocycles. The van der Waals surface area contributed by atoms with Crippen molar-refractivity contribution in [2.24, 2.45) is 0 Å². The quantitative estimate of drug-likeness (QED) is 0.646. The number of rotatable bonds is 2. The molecule has 2 heterocycles. The van der Waals surface area contributed by atoms with Gasteiger partial charge in [0.25, 0.3) is 0 Å². The fraction of sp³-hybridized carbons (Fsp3) is 0.125. The van der Waals surface area contributed by atoms with E-state index in [2.05, 4.69) is 4.98 Å². The standard InChI is InChI=1S/C8H8N2O/c1-2-5-10(4-1)7-8-9-3-6-11-8/h1-6H,7H2. The van der Waals surface area contributed by atoms with Gasteiger partial charge >= 0.3 is 0 Å². The Labute approximate surface area is 64.3 Å². The predicted octanol–water partition coefficient (Wildman–Crippen LogP) is 1.52. The first-order valence-corrected chi connectivity index (χ1v) is 3.44. The highest BCUT2D eigenvalue weighted by Crippen LogP contribution is 1.98. The minimum atomic E-state index is 0.708. The fourth-order valence-electron chi connectivity index (χ4n) is 0.963. The van der Waals surface area contributed by atoms with Gasteiger partial charge in [0.1, 0.15) is 6.26 Å². The van der Waals surface area contributed by atoms with Crippen molar-refractivity contribution in [3.63, 3.8) is 0 Å². The van der Waals surface area contributed by atoms with Crippen molar-refractivity contribution < 1.29 is 4.42 Å². The Hall–Kier alpha value is -1.51. The van der Waals surface area contributed by atoms with Crippen molar-refractivity contribution in [2.75, 3.05) is 0 Å². The van der Waals surface area contributed by atoms with Crippen LogP contribution >= 0.6 is 0 Å². The predicted molar refractivity (Wildman–Crippen MR) is 40.0 cm³/mol. The van der Waals surface area contributed by atoms with Crippen molar-refractivity contribution >= 4 is 0 Å². The van der Waals surface area contributed by atoms with E-state index in [0.29, 0.717) is 6.54 Å². The number of nitrogens with zero attached hydrogens (tertiary/aromatic N) is 2. The van der Waals surface area contributed by atoms with Gasteiger partial charge in [0, 0.05) is 12.4 Å². The third-order valence-corrected chi connectivity index (χ3v) is 1.47. The Kier molecular flexibility index (Phi) is 1.48. The molecule has 0 saturated heterocycles. The molecular weight excluding hydrogens is 140 g/mol. The first-order valence-electron chi connectivity index (χ1n) is 3.44. The lowest BCUT2D eigenvalue weighted by Gasteiger charge is -1.95. The fourth-order valence-corrected chi connectivity index (χ4v) is 0.963. The van der Waals surface area contributed by atoms with Crippen LogP contribution in [0.5, 0.6) is 0 Å². The number of aromatic nitrogens is 2. The first-order chi connectivity index (χ1) is 5.45. The molecule has 0 aliphatic rings. The van der Waals surface area contributed by atoms with Gasteiger partial charge in [-0.1, -0.05) is 0 Å². The molecule has 0 unspecified atom stereocenters. The summed E-state index contributed by atoms with van der Waals surface area (Å²) in [5.74, 6) is 0.737. The van der Waals surface area contributed by atoms with E-state index in [4.69, 9.17) is 4.42 Å². The van der Waals surface area contributed by atoms with E-state index in [-0.39, 0.29) is 0 Å². The highest BCUT2D eigenvalue weighted by Gasteiger charge is 1.95. The van der Waals surface area contributed by atoms with Crippen molar-refractivity contribution in [2.45, 2.75) is 6.54 Å². The molecule has 0 aliphatic carbocycles. The SMILES string of the molecule is c1ccn(Cc2ncco2)c1. The lowest BCUT2D eigenvalue weighted by Crippen LogP contribution is -1.95. The van der Waals surface area contributed by atoms with Gasteiger partial charge in [0.05, 0.1) is 12.7 Å². The molecule has 0 radical (unpaired) electrons. The molecule has 0 N–H and O–H groups in total. The Balaban J connectivity index is 2.14. The lowest BCUT2D eigenvalue weighted by molar-refractivity contribution is 0.479. The molecule has 0 atom stereocenters. The van der Waals surface area contributed by atoms with Gasteiger partial charge in [-0.05, 0) is 12.1 Å². The average molecular weight is 148 g/mol. The summed E-state index contributed by atoms with van der Waals surface area (Å²) in [6.07, 6.45) is 7.19. The second-order valence-electron chi connectivity index (χ2n) is 2.28. The van der Waals surface area contributed by atoms with Crippen LogP contribution in [0, 0.1) is 0 Å². The van der Waals surface area contributed by atoms with E-state index in [0.717, 1.165) is 5.89 Å². The second-order valence-corrected chi connectivity index (χ2v) is 2.28. The molecule has 2 rings (SSSR count). The van der Waals surface area contributed by atoms with Crippen LogP contribution in [-0.4, -0.2) is 9.55 Å². The van der Waals surface area contributed by atoms with Crippen LogP contribution < -0.4 is 0 Å². The van der Waals surface area contributed by atoms with Crippen molar-refractivity contribution in [1.82, 2.24) is 9.55 Å². The molecule has 0 aromatic carbocycles. The van der Waals surface area contributed by atoms with E-state index in [1.807, 2.05) is 29.1 Å². The summed E-state index contributed by atoms with van der Waals surface area (Å²) in [6.45, 7) is 0.708. The van der Waals surface area contributed by atoms with Gasteiger partial charge in [-0.3, -0.25) is 0 Å². The van der Waals surface area contributed by atoms with Crippen LogP contribution in [-0.2, 0) is 6.54 Å². The van der Waals surface area contributed by atoms with Gasteiger partial charge in [-0.25, -0.2) is 4.98 Å². The van der Waals surface area contributed by atoms with Crippen LogP contribution in [0.15, 0.2) is 41.4 Å². The normalized spacial score (nSPS) is 10.2. The van der Waals surface area contributed by atoms with Gasteiger partial charge in [-0.2, -0.15) is 0 Å². The van der Waals surface area contributed by atoms with Crippen LogP contribution in [0.1, 0.15) is 5.89 Å². The van der Waals surface area contributed by atoms with E-state index in [1.165, 1.54) is 0 Å². The number of hydrogen-bond acceptors (Lipinski definition) is 2. The smallest absolute Gasteiger partial charge is 0.213 e. The molecule has 0 amide bonds. The molecule has 0 spiro atoms. The molecule has 3 heteroatoms. The summed E-state index contributed by atoms with van der Waals surface area (Å²) in [7, 11) is 0. The first kappa shape index (κ1) is 6.22. The average Bonchev–Trinajstić information content (AvgIpc) is 2.60. The maximum absolute atomic E-state index is 5.07. The molecule has 2 aromatic heterocycles. The van der Waals surface area contributed by atoms with Crippen molar-refractivity contribution in [1.29, 1.82) is 0 Å².